The fourth-order valence-electron chi connectivity index (χ4n) is 2.24. The standard InChI is InChI=1S/C16H12Cl3N3O3/c1-24-14-6-13(20)12(19)5-9(14)7-22-16(23)25-15(21-22)8-2-3-10(17)11(18)4-8/h2-6H,7,20H2,1H3. The van der Waals surface area contributed by atoms with Gasteiger partial charge in [0, 0.05) is 17.2 Å². The summed E-state index contributed by atoms with van der Waals surface area (Å²) in [6.07, 6.45) is 0. The second-order valence-corrected chi connectivity index (χ2v) is 6.37. The molecule has 2 N–H and O–H groups in total. The van der Waals surface area contributed by atoms with Gasteiger partial charge in [0.25, 0.3) is 0 Å². The summed E-state index contributed by atoms with van der Waals surface area (Å²) in [5.41, 5.74) is 7.31. The number of nitrogen functional groups attached to an aromatic ring is 1. The van der Waals surface area contributed by atoms with E-state index in [9.17, 15) is 4.79 Å². The normalized spacial score (nSPS) is 10.9. The number of halogens is 3. The van der Waals surface area contributed by atoms with Crippen molar-refractivity contribution in [3.8, 4) is 17.2 Å². The van der Waals surface area contributed by atoms with Gasteiger partial charge < -0.3 is 14.9 Å². The van der Waals surface area contributed by atoms with Crippen LogP contribution in [0, 0.1) is 0 Å². The SMILES string of the molecule is COc1cc(N)c(Cl)cc1Cn1nc(-c2ccc(Cl)c(Cl)c2)oc1=O. The first kappa shape index (κ1) is 17.7. The molecule has 0 fully saturated rings. The van der Waals surface area contributed by atoms with Gasteiger partial charge in [0.2, 0.25) is 5.89 Å². The van der Waals surface area contributed by atoms with E-state index in [2.05, 4.69) is 5.10 Å². The third-order valence-electron chi connectivity index (χ3n) is 3.49. The molecule has 2 aromatic carbocycles. The summed E-state index contributed by atoms with van der Waals surface area (Å²) in [6.45, 7) is 0.104. The minimum absolute atomic E-state index is 0.104. The number of nitrogens with two attached hydrogens (primary N) is 1. The molecule has 0 aliphatic carbocycles. The summed E-state index contributed by atoms with van der Waals surface area (Å²) in [4.78, 5) is 12.1. The molecular weight excluding hydrogens is 389 g/mol. The molecule has 3 aromatic rings. The molecule has 1 heterocycles. The lowest BCUT2D eigenvalue weighted by molar-refractivity contribution is 0.406. The average Bonchev–Trinajstić information content (AvgIpc) is 2.94. The van der Waals surface area contributed by atoms with E-state index in [0.717, 1.165) is 4.68 Å². The summed E-state index contributed by atoms with van der Waals surface area (Å²) in [5, 5.41) is 5.27. The fraction of sp³-hybridized carbons (Fsp3) is 0.125. The van der Waals surface area contributed by atoms with Gasteiger partial charge in [-0.3, -0.25) is 0 Å². The van der Waals surface area contributed by atoms with Crippen molar-refractivity contribution >= 4 is 40.5 Å². The van der Waals surface area contributed by atoms with Crippen molar-refractivity contribution in [2.75, 3.05) is 12.8 Å². The molecule has 25 heavy (non-hydrogen) atoms. The summed E-state index contributed by atoms with van der Waals surface area (Å²) in [7, 11) is 1.50. The number of aromatic nitrogens is 2. The largest absolute Gasteiger partial charge is 0.496 e. The number of hydrogen-bond acceptors (Lipinski definition) is 5. The molecular formula is C16H12Cl3N3O3. The van der Waals surface area contributed by atoms with Gasteiger partial charge in [0.15, 0.2) is 0 Å². The van der Waals surface area contributed by atoms with Gasteiger partial charge in [-0.2, -0.15) is 4.68 Å². The minimum Gasteiger partial charge on any atom is -0.496 e. The Morgan fingerprint density at radius 3 is 2.60 bits per heavy atom. The lowest BCUT2D eigenvalue weighted by Gasteiger charge is -2.10. The molecule has 0 saturated heterocycles. The average molecular weight is 401 g/mol. The molecule has 0 atom stereocenters. The van der Waals surface area contributed by atoms with Crippen LogP contribution in [0.15, 0.2) is 39.5 Å². The maximum atomic E-state index is 12.1. The number of methoxy groups -OCH3 is 1. The number of hydrogen-bond donors (Lipinski definition) is 1. The lowest BCUT2D eigenvalue weighted by atomic mass is 10.2. The number of ether oxygens (including phenoxy) is 1. The summed E-state index contributed by atoms with van der Waals surface area (Å²) < 4.78 is 11.6. The van der Waals surface area contributed by atoms with E-state index in [1.165, 1.54) is 7.11 Å². The van der Waals surface area contributed by atoms with Crippen LogP contribution in [0.5, 0.6) is 5.75 Å². The van der Waals surface area contributed by atoms with Crippen LogP contribution in [-0.2, 0) is 6.54 Å². The van der Waals surface area contributed by atoms with Crippen molar-refractivity contribution in [2.45, 2.75) is 6.54 Å². The van der Waals surface area contributed by atoms with Gasteiger partial charge in [-0.05, 0) is 24.3 Å². The van der Waals surface area contributed by atoms with Gasteiger partial charge in [-0.25, -0.2) is 4.79 Å². The Morgan fingerprint density at radius 2 is 1.92 bits per heavy atom. The van der Waals surface area contributed by atoms with Gasteiger partial charge in [-0.1, -0.05) is 34.8 Å². The Bertz CT molecular complexity index is 998. The fourth-order valence-corrected chi connectivity index (χ4v) is 2.72. The maximum absolute atomic E-state index is 12.1. The topological polar surface area (TPSA) is 83.3 Å². The number of benzene rings is 2. The zero-order valence-electron chi connectivity index (χ0n) is 12.9. The van der Waals surface area contributed by atoms with Crippen LogP contribution >= 0.6 is 34.8 Å². The monoisotopic (exact) mass is 399 g/mol. The van der Waals surface area contributed by atoms with E-state index >= 15 is 0 Å². The lowest BCUT2D eigenvalue weighted by Crippen LogP contribution is -2.17. The van der Waals surface area contributed by atoms with Gasteiger partial charge >= 0.3 is 5.76 Å². The quantitative estimate of drug-likeness (QED) is 0.667. The van der Waals surface area contributed by atoms with E-state index in [0.29, 0.717) is 37.6 Å². The van der Waals surface area contributed by atoms with Crippen molar-refractivity contribution in [1.82, 2.24) is 9.78 Å². The molecule has 0 aliphatic rings. The van der Waals surface area contributed by atoms with Crippen LogP contribution in [0.2, 0.25) is 15.1 Å². The molecule has 0 bridgehead atoms. The predicted molar refractivity (Wildman–Crippen MR) is 97.7 cm³/mol. The number of rotatable bonds is 4. The summed E-state index contributed by atoms with van der Waals surface area (Å²) in [6, 6.07) is 8.03. The predicted octanol–water partition coefficient (Wildman–Crippen LogP) is 4.10. The number of nitrogens with zero attached hydrogens (tertiary/aromatic N) is 2. The van der Waals surface area contributed by atoms with Crippen LogP contribution in [0.3, 0.4) is 0 Å². The van der Waals surface area contributed by atoms with Crippen LogP contribution in [-0.4, -0.2) is 16.9 Å². The highest BCUT2D eigenvalue weighted by atomic mass is 35.5. The molecule has 9 heteroatoms. The second-order valence-electron chi connectivity index (χ2n) is 5.15. The first-order chi connectivity index (χ1) is 11.9. The van der Waals surface area contributed by atoms with E-state index < -0.39 is 5.76 Å². The van der Waals surface area contributed by atoms with Crippen molar-refractivity contribution in [2.24, 2.45) is 0 Å². The van der Waals surface area contributed by atoms with Crippen molar-refractivity contribution < 1.29 is 9.15 Å². The molecule has 0 aliphatic heterocycles. The summed E-state index contributed by atoms with van der Waals surface area (Å²) >= 11 is 17.9. The Balaban J connectivity index is 1.98. The van der Waals surface area contributed by atoms with Gasteiger partial charge in [0.05, 0.1) is 34.4 Å². The highest BCUT2D eigenvalue weighted by Crippen LogP contribution is 2.30. The molecule has 0 saturated carbocycles. The van der Waals surface area contributed by atoms with Crippen molar-refractivity contribution in [3.05, 3.63) is 61.5 Å². The second kappa shape index (κ2) is 7.00. The van der Waals surface area contributed by atoms with Crippen LogP contribution in [0.1, 0.15) is 5.56 Å². The smallest absolute Gasteiger partial charge is 0.437 e. The molecule has 0 radical (unpaired) electrons. The molecule has 6 nitrogen and oxygen atoms in total. The zero-order chi connectivity index (χ0) is 18.1. The zero-order valence-corrected chi connectivity index (χ0v) is 15.2. The minimum atomic E-state index is -0.629. The molecule has 0 amide bonds. The maximum Gasteiger partial charge on any atom is 0.437 e. The third-order valence-corrected chi connectivity index (χ3v) is 4.56. The molecule has 0 spiro atoms. The van der Waals surface area contributed by atoms with Crippen molar-refractivity contribution in [1.29, 1.82) is 0 Å². The van der Waals surface area contributed by atoms with E-state index in [-0.39, 0.29) is 12.4 Å². The number of anilines is 1. The van der Waals surface area contributed by atoms with Gasteiger partial charge in [-0.15, -0.1) is 5.10 Å². The molecule has 3 rings (SSSR count). The Morgan fingerprint density at radius 1 is 1.16 bits per heavy atom. The van der Waals surface area contributed by atoms with E-state index in [1.54, 1.807) is 30.3 Å². The molecule has 1 aromatic heterocycles. The molecule has 130 valence electrons. The Labute approximate surface area is 157 Å². The van der Waals surface area contributed by atoms with Crippen LogP contribution < -0.4 is 16.2 Å². The Hall–Kier alpha value is -2.15. The molecule has 0 unspecified atom stereocenters. The first-order valence-corrected chi connectivity index (χ1v) is 8.17. The van der Waals surface area contributed by atoms with Gasteiger partial charge in [0.1, 0.15) is 5.75 Å². The third kappa shape index (κ3) is 3.61. The Kier molecular flexibility index (Phi) is 4.94. The highest BCUT2D eigenvalue weighted by molar-refractivity contribution is 6.42. The first-order valence-electron chi connectivity index (χ1n) is 7.04. The summed E-state index contributed by atoms with van der Waals surface area (Å²) in [5.74, 6) is -0.00645. The van der Waals surface area contributed by atoms with Crippen LogP contribution in [0.4, 0.5) is 5.69 Å². The van der Waals surface area contributed by atoms with Crippen LogP contribution in [0.25, 0.3) is 11.5 Å². The highest BCUT2D eigenvalue weighted by Gasteiger charge is 2.15. The van der Waals surface area contributed by atoms with Crippen molar-refractivity contribution in [3.63, 3.8) is 0 Å². The van der Waals surface area contributed by atoms with E-state index in [1.807, 2.05) is 0 Å². The van der Waals surface area contributed by atoms with E-state index in [4.69, 9.17) is 49.7 Å².